The number of nitrogens with zero attached hydrogens (tertiary/aromatic N) is 1. The van der Waals surface area contributed by atoms with Crippen LogP contribution in [0.4, 0.5) is 4.39 Å². The topological polar surface area (TPSA) is 12.4 Å². The summed E-state index contributed by atoms with van der Waals surface area (Å²) in [5, 5.41) is -1.30. The van der Waals surface area contributed by atoms with Gasteiger partial charge in [-0.1, -0.05) is 110 Å². The van der Waals surface area contributed by atoms with Crippen LogP contribution in [0.2, 0.25) is 0 Å². The first kappa shape index (κ1) is 35.2. The number of benzene rings is 1. The number of rotatable bonds is 9. The van der Waals surface area contributed by atoms with E-state index in [-0.39, 0.29) is 0 Å². The molecular weight excluding hydrogens is 472 g/mol. The summed E-state index contributed by atoms with van der Waals surface area (Å²) in [6, 6.07) is 8.38. The highest BCUT2D eigenvalue weighted by molar-refractivity contribution is 7.18. The molecule has 0 amide bonds. The lowest BCUT2D eigenvalue weighted by molar-refractivity contribution is 0.315. The van der Waals surface area contributed by atoms with Crippen LogP contribution in [-0.2, 0) is 0 Å². The SMILES string of the molecule is C=C(/C(C)=C1\CC(C)=C(CC(C)(F)P)C(C)=N1)c1ccc(C)cc1.C=C(C)C(CC)CCCC.CCC. The molecule has 3 heteroatoms. The summed E-state index contributed by atoms with van der Waals surface area (Å²) in [6.45, 7) is 28.9. The van der Waals surface area contributed by atoms with E-state index in [0.717, 1.165) is 46.0 Å². The van der Waals surface area contributed by atoms with E-state index in [1.54, 1.807) is 6.92 Å². The van der Waals surface area contributed by atoms with Crippen molar-refractivity contribution in [1.82, 2.24) is 0 Å². The molecule has 0 saturated heterocycles. The zero-order chi connectivity index (χ0) is 28.8. The lowest BCUT2D eigenvalue weighted by Crippen LogP contribution is -2.16. The molecule has 1 aliphatic heterocycles. The van der Waals surface area contributed by atoms with Gasteiger partial charge in [-0.15, -0.1) is 0 Å². The maximum atomic E-state index is 14.0. The predicted octanol–water partition coefficient (Wildman–Crippen LogP) is 11.6. The highest BCUT2D eigenvalue weighted by atomic mass is 31.0. The zero-order valence-electron chi connectivity index (χ0n) is 25.7. The number of hydrogen-bond acceptors (Lipinski definition) is 1. The third-order valence-electron chi connectivity index (χ3n) is 6.59. The largest absolute Gasteiger partial charge is 0.257 e. The van der Waals surface area contributed by atoms with Crippen LogP contribution in [0.5, 0.6) is 0 Å². The second-order valence-electron chi connectivity index (χ2n) is 10.8. The lowest BCUT2D eigenvalue weighted by atomic mass is 9.90. The quantitative estimate of drug-likeness (QED) is 0.224. The maximum Gasteiger partial charge on any atom is 0.125 e. The summed E-state index contributed by atoms with van der Waals surface area (Å²) >= 11 is 0. The molecule has 208 valence electrons. The molecule has 1 heterocycles. The Labute approximate surface area is 231 Å². The van der Waals surface area contributed by atoms with Crippen molar-refractivity contribution in [3.05, 3.63) is 76.5 Å². The first-order valence-electron chi connectivity index (χ1n) is 14.1. The van der Waals surface area contributed by atoms with Crippen LogP contribution < -0.4 is 0 Å². The Morgan fingerprint density at radius 1 is 1.05 bits per heavy atom. The normalized spacial score (nSPS) is 16.8. The van der Waals surface area contributed by atoms with Gasteiger partial charge in [-0.05, 0) is 82.6 Å². The van der Waals surface area contributed by atoms with E-state index in [2.05, 4.69) is 102 Å². The Balaban J connectivity index is 0.000000833. The summed E-state index contributed by atoms with van der Waals surface area (Å²) in [5.41, 5.74) is 9.98. The molecule has 0 fully saturated rings. The van der Waals surface area contributed by atoms with E-state index in [9.17, 15) is 4.39 Å². The highest BCUT2D eigenvalue weighted by Crippen LogP contribution is 2.36. The molecule has 0 N–H and O–H groups in total. The van der Waals surface area contributed by atoms with Gasteiger partial charge in [0.25, 0.3) is 0 Å². The fraction of sp³-hybridized carbons (Fsp3) is 0.559. The zero-order valence-corrected chi connectivity index (χ0v) is 26.8. The van der Waals surface area contributed by atoms with Gasteiger partial charge in [0.05, 0.1) is 0 Å². The number of halogens is 1. The van der Waals surface area contributed by atoms with Gasteiger partial charge in [-0.2, -0.15) is 0 Å². The number of allylic oxidation sites excluding steroid dienone is 5. The monoisotopic (exact) mass is 527 g/mol. The Kier molecular flexibility index (Phi) is 16.8. The summed E-state index contributed by atoms with van der Waals surface area (Å²) in [7, 11) is 2.27. The van der Waals surface area contributed by atoms with Gasteiger partial charge in [0, 0.05) is 24.3 Å². The molecule has 1 nitrogen and oxygen atoms in total. The molecule has 0 aliphatic carbocycles. The molecule has 2 rings (SSSR count). The Hall–Kier alpha value is -1.79. The molecule has 0 saturated carbocycles. The van der Waals surface area contributed by atoms with Crippen molar-refractivity contribution in [1.29, 1.82) is 0 Å². The summed E-state index contributed by atoms with van der Waals surface area (Å²) in [5.74, 6) is 0.778. The molecule has 3 atom stereocenters. The fourth-order valence-corrected chi connectivity index (χ4v) is 4.42. The number of dihydropyridines is 1. The molecule has 0 aromatic heterocycles. The minimum Gasteiger partial charge on any atom is -0.257 e. The second-order valence-corrected chi connectivity index (χ2v) is 12.0. The van der Waals surface area contributed by atoms with Crippen molar-refractivity contribution in [2.24, 2.45) is 10.9 Å². The molecule has 37 heavy (non-hydrogen) atoms. The van der Waals surface area contributed by atoms with Gasteiger partial charge in [-0.25, -0.2) is 4.39 Å². The molecule has 0 radical (unpaired) electrons. The molecule has 1 aromatic rings. The smallest absolute Gasteiger partial charge is 0.125 e. The van der Waals surface area contributed by atoms with E-state index < -0.39 is 5.41 Å². The minimum absolute atomic E-state index is 0.379. The lowest BCUT2D eigenvalue weighted by Gasteiger charge is -2.24. The summed E-state index contributed by atoms with van der Waals surface area (Å²) in [6.07, 6.45) is 7.64. The minimum atomic E-state index is -1.30. The predicted molar refractivity (Wildman–Crippen MR) is 171 cm³/mol. The van der Waals surface area contributed by atoms with Crippen molar-refractivity contribution < 1.29 is 4.39 Å². The third-order valence-corrected chi connectivity index (χ3v) is 6.80. The number of aliphatic imine (C=N–C) groups is 1. The van der Waals surface area contributed by atoms with Crippen LogP contribution in [-0.4, -0.2) is 11.1 Å². The summed E-state index contributed by atoms with van der Waals surface area (Å²) in [4.78, 5) is 4.76. The Bertz CT molecular complexity index is 955. The van der Waals surface area contributed by atoms with Crippen LogP contribution in [0.15, 0.2) is 70.4 Å². The molecular formula is C34H55FNP. The van der Waals surface area contributed by atoms with Gasteiger partial charge in [0.2, 0.25) is 0 Å². The van der Waals surface area contributed by atoms with Crippen molar-refractivity contribution in [3.63, 3.8) is 0 Å². The number of alkyl halides is 1. The number of aryl methyl sites for hydroxylation is 1. The van der Waals surface area contributed by atoms with E-state index in [1.807, 2.05) is 6.92 Å². The number of hydrogen-bond donors (Lipinski definition) is 0. The number of unbranched alkanes of at least 4 members (excludes halogenated alkanes) is 1. The van der Waals surface area contributed by atoms with E-state index in [1.165, 1.54) is 48.8 Å². The Morgan fingerprint density at radius 2 is 1.59 bits per heavy atom. The molecule has 1 aliphatic rings. The van der Waals surface area contributed by atoms with Gasteiger partial charge in [-0.3, -0.25) is 4.99 Å². The van der Waals surface area contributed by atoms with Crippen molar-refractivity contribution in [2.45, 2.75) is 120 Å². The van der Waals surface area contributed by atoms with Crippen molar-refractivity contribution in [2.75, 3.05) is 0 Å². The van der Waals surface area contributed by atoms with Crippen LogP contribution in [0.1, 0.15) is 118 Å². The van der Waals surface area contributed by atoms with Crippen LogP contribution in [0, 0.1) is 12.8 Å². The molecule has 0 spiro atoms. The average molecular weight is 528 g/mol. The standard InChI is InChI=1S/C21H27FNP.C10H20.C3H8/c1-13-7-9-18(10-8-13)15(3)16(4)20-11-14(2)19(17(5)23-20)12-21(6,22)24;1-5-7-8-10(6-2)9(3)4;1-3-2/h7-10H,3,11-12,24H2,1-2,4-6H3;10H,3,5-8H2,1-2,4H3;3H2,1-2H3/b20-16+;;. The second kappa shape index (κ2) is 17.7. The van der Waals surface area contributed by atoms with Crippen LogP contribution in [0.3, 0.4) is 0 Å². The van der Waals surface area contributed by atoms with E-state index >= 15 is 0 Å². The van der Waals surface area contributed by atoms with Gasteiger partial charge in [0.15, 0.2) is 0 Å². The Morgan fingerprint density at radius 3 is 2.00 bits per heavy atom. The molecule has 1 aromatic carbocycles. The van der Waals surface area contributed by atoms with E-state index in [4.69, 9.17) is 4.99 Å². The van der Waals surface area contributed by atoms with Crippen LogP contribution in [0.25, 0.3) is 5.57 Å². The van der Waals surface area contributed by atoms with Crippen molar-refractivity contribution >= 4 is 20.5 Å². The summed E-state index contributed by atoms with van der Waals surface area (Å²) < 4.78 is 14.0. The first-order valence-corrected chi connectivity index (χ1v) is 14.6. The maximum absolute atomic E-state index is 14.0. The average Bonchev–Trinajstić information content (AvgIpc) is 2.81. The fourth-order valence-electron chi connectivity index (χ4n) is 4.21. The van der Waals surface area contributed by atoms with Crippen molar-refractivity contribution in [3.8, 4) is 0 Å². The van der Waals surface area contributed by atoms with Gasteiger partial charge < -0.3 is 0 Å². The third kappa shape index (κ3) is 13.5. The van der Waals surface area contributed by atoms with E-state index in [0.29, 0.717) is 6.42 Å². The van der Waals surface area contributed by atoms with Crippen LogP contribution >= 0.6 is 9.24 Å². The molecule has 0 bridgehead atoms. The molecule has 3 unspecified atom stereocenters. The van der Waals surface area contributed by atoms with Gasteiger partial charge in [0.1, 0.15) is 5.41 Å². The van der Waals surface area contributed by atoms with Gasteiger partial charge >= 0.3 is 0 Å². The first-order chi connectivity index (χ1) is 17.2. The highest BCUT2D eigenvalue weighted by Gasteiger charge is 2.24.